The Balaban J connectivity index is 0.000000201. The van der Waals surface area contributed by atoms with Crippen molar-refractivity contribution in [3.8, 4) is 0 Å². The number of aryl methyl sites for hydroxylation is 6. The summed E-state index contributed by atoms with van der Waals surface area (Å²) in [6.07, 6.45) is 4.66. The van der Waals surface area contributed by atoms with E-state index in [-0.39, 0.29) is 72.4 Å². The second kappa shape index (κ2) is 22.5. The van der Waals surface area contributed by atoms with Crippen LogP contribution < -0.4 is 20.4 Å². The number of aromatic nitrogens is 8. The van der Waals surface area contributed by atoms with Gasteiger partial charge in [0, 0.05) is 68.0 Å². The molecule has 0 spiro atoms. The molecule has 0 aromatic carbocycles. The van der Waals surface area contributed by atoms with Gasteiger partial charge in [-0.1, -0.05) is 0 Å². The Bertz CT molecular complexity index is 3700. The van der Waals surface area contributed by atoms with Crippen molar-refractivity contribution in [3.05, 3.63) is 140 Å². The standard InChI is InChI=1S/2C30H30N4O4.Pt/c2*1-15-9-20-12-25-17(3)21(5-7-29(35)36)27(33-25)14-28-22(6-8-30(37)38)18(4)26(34-28)13-24-16(2)10-19(32-24)11-23(15)31-20;/h2*9-14,32-33H,5-8H2,1-4H3,(H,35,36)(H,37,38);/q;;+4/p-4. The van der Waals surface area contributed by atoms with Crippen molar-refractivity contribution in [1.82, 2.24) is 39.9 Å². The Morgan fingerprint density at radius 2 is 0.740 bits per heavy atom. The van der Waals surface area contributed by atoms with E-state index in [4.69, 9.17) is 19.9 Å². The number of nitrogens with one attached hydrogen (secondary N) is 4. The fourth-order valence-electron chi connectivity index (χ4n) is 10.2. The van der Waals surface area contributed by atoms with Gasteiger partial charge in [-0.25, -0.2) is 19.9 Å². The van der Waals surface area contributed by atoms with Gasteiger partial charge in [0.2, 0.25) is 0 Å². The van der Waals surface area contributed by atoms with Gasteiger partial charge in [0.15, 0.2) is 0 Å². The van der Waals surface area contributed by atoms with Gasteiger partial charge in [-0.05, 0) is 246 Å². The monoisotopic (exact) mass is 1210 g/mol. The molecule has 4 aliphatic heterocycles. The topological polar surface area (TPSA) is 275 Å². The summed E-state index contributed by atoms with van der Waals surface area (Å²) in [4.78, 5) is 78.4. The summed E-state index contributed by atoms with van der Waals surface area (Å²) in [7, 11) is 0. The van der Waals surface area contributed by atoms with Gasteiger partial charge in [0.25, 0.3) is 0 Å². The largest absolute Gasteiger partial charge is 4.00 e. The molecule has 0 saturated heterocycles. The number of H-pyrrole nitrogens is 4. The van der Waals surface area contributed by atoms with Gasteiger partial charge in [0.05, 0.1) is 45.6 Å². The predicted octanol–water partition coefficient (Wildman–Crippen LogP) is 7.27. The minimum absolute atomic E-state index is 0. The number of carboxylic acid groups (broad SMARTS) is 4. The Hall–Kier alpha value is -8.23. The van der Waals surface area contributed by atoms with E-state index >= 15 is 0 Å². The van der Waals surface area contributed by atoms with Crippen molar-refractivity contribution in [1.29, 1.82) is 0 Å². The van der Waals surface area contributed by atoms with Crippen LogP contribution in [0.25, 0.3) is 89.7 Å². The molecular weight excluding hydrogens is 1160 g/mol. The molecule has 77 heavy (non-hydrogen) atoms. The molecule has 16 bridgehead atoms. The maximum absolute atomic E-state index is 11.3. The molecule has 0 aliphatic carbocycles. The molecule has 0 saturated carbocycles. The minimum atomic E-state index is -1.13. The first kappa shape index (κ1) is 55.0. The number of carbonyl (C=O) groups is 4. The van der Waals surface area contributed by atoms with E-state index in [1.54, 1.807) is 0 Å². The zero-order valence-electron chi connectivity index (χ0n) is 44.0. The molecule has 4 aliphatic rings. The summed E-state index contributed by atoms with van der Waals surface area (Å²) in [5.41, 5.74) is 24.0. The first-order valence-electron chi connectivity index (χ1n) is 25.2. The quantitative estimate of drug-likeness (QED) is 0.0942. The third-order valence-corrected chi connectivity index (χ3v) is 14.5. The maximum atomic E-state index is 11.3. The summed E-state index contributed by atoms with van der Waals surface area (Å²) in [5, 5.41) is 45.2. The molecule has 0 radical (unpaired) electrons. The summed E-state index contributed by atoms with van der Waals surface area (Å²) < 4.78 is 0. The maximum Gasteiger partial charge on any atom is 4.00 e. The number of nitrogens with zero attached hydrogens (tertiary/aromatic N) is 4. The van der Waals surface area contributed by atoms with Crippen molar-refractivity contribution in [2.75, 3.05) is 0 Å². The molecule has 0 unspecified atom stereocenters. The molecule has 0 fully saturated rings. The Kier molecular flexibility index (Phi) is 16.1. The third-order valence-electron chi connectivity index (χ3n) is 14.5. The number of carboxylic acids is 4. The van der Waals surface area contributed by atoms with Crippen LogP contribution in [0.4, 0.5) is 0 Å². The van der Waals surface area contributed by atoms with Gasteiger partial charge in [-0.3, -0.25) is 0 Å². The summed E-state index contributed by atoms with van der Waals surface area (Å²) >= 11 is 0. The van der Waals surface area contributed by atoms with Gasteiger partial charge in [-0.15, -0.1) is 0 Å². The molecule has 6 aromatic rings. The van der Waals surface area contributed by atoms with E-state index in [0.29, 0.717) is 11.4 Å². The number of rotatable bonds is 12. The van der Waals surface area contributed by atoms with Crippen LogP contribution in [0.5, 0.6) is 0 Å². The van der Waals surface area contributed by atoms with Crippen molar-refractivity contribution < 1.29 is 60.7 Å². The van der Waals surface area contributed by atoms with E-state index in [2.05, 4.69) is 32.1 Å². The second-order valence-electron chi connectivity index (χ2n) is 19.9. The number of allylic oxidation sites excluding steroid dienone is 6. The van der Waals surface area contributed by atoms with E-state index in [1.165, 1.54) is 0 Å². The van der Waals surface area contributed by atoms with Crippen LogP contribution in [-0.2, 0) is 53.1 Å². The number of aromatic amines is 4. The van der Waals surface area contributed by atoms with Crippen molar-refractivity contribution >= 4 is 114 Å². The minimum Gasteiger partial charge on any atom is -0.550 e. The number of carbonyl (C=O) groups excluding carboxylic acids is 4. The van der Waals surface area contributed by atoms with Crippen molar-refractivity contribution in [2.45, 2.75) is 107 Å². The predicted molar refractivity (Wildman–Crippen MR) is 288 cm³/mol. The average molecular weight is 1210 g/mol. The third kappa shape index (κ3) is 12.1. The molecule has 394 valence electrons. The molecule has 4 N–H and O–H groups in total. The van der Waals surface area contributed by atoms with Crippen molar-refractivity contribution in [3.63, 3.8) is 0 Å². The van der Waals surface area contributed by atoms with E-state index < -0.39 is 23.9 Å². The summed E-state index contributed by atoms with van der Waals surface area (Å²) in [5.74, 6) is -4.49. The average Bonchev–Trinajstić information content (AvgIpc) is 4.23. The normalized spacial score (nSPS) is 12.9. The molecule has 10 heterocycles. The molecule has 10 rings (SSSR count). The zero-order chi connectivity index (χ0) is 54.3. The smallest absolute Gasteiger partial charge is 0.550 e. The molecule has 6 aromatic heterocycles. The van der Waals surface area contributed by atoms with E-state index in [0.717, 1.165) is 145 Å². The molecule has 0 atom stereocenters. The number of aliphatic carboxylic acids is 4. The van der Waals surface area contributed by atoms with Crippen LogP contribution in [0.1, 0.15) is 145 Å². The fraction of sp³-hybridized carbons (Fsp3) is 0.267. The number of hydrogen-bond donors (Lipinski definition) is 4. The Morgan fingerprint density at radius 1 is 0.390 bits per heavy atom. The fourth-order valence-corrected chi connectivity index (χ4v) is 10.2. The Labute approximate surface area is 458 Å². The molecule has 0 amide bonds. The number of fused-ring (bicyclic) bond motifs is 16. The summed E-state index contributed by atoms with van der Waals surface area (Å²) in [6, 6.07) is 19.8. The second-order valence-corrected chi connectivity index (χ2v) is 19.9. The molecular formula is C60H56N8O8Pt. The van der Waals surface area contributed by atoms with Gasteiger partial charge in [-0.2, -0.15) is 0 Å². The molecule has 17 heteroatoms. The van der Waals surface area contributed by atoms with Gasteiger partial charge < -0.3 is 59.5 Å². The van der Waals surface area contributed by atoms with Crippen LogP contribution in [-0.4, -0.2) is 63.7 Å². The van der Waals surface area contributed by atoms with E-state index in [9.17, 15) is 39.6 Å². The van der Waals surface area contributed by atoms with Crippen LogP contribution >= 0.6 is 0 Å². The van der Waals surface area contributed by atoms with Crippen LogP contribution in [0.3, 0.4) is 0 Å². The zero-order valence-corrected chi connectivity index (χ0v) is 46.2. The van der Waals surface area contributed by atoms with Crippen LogP contribution in [0.15, 0.2) is 60.7 Å². The molecule has 16 nitrogen and oxygen atoms in total. The van der Waals surface area contributed by atoms with E-state index in [1.807, 2.05) is 116 Å². The van der Waals surface area contributed by atoms with Crippen LogP contribution in [0, 0.1) is 27.7 Å². The van der Waals surface area contributed by atoms with Crippen molar-refractivity contribution in [2.24, 2.45) is 0 Å². The van der Waals surface area contributed by atoms with Gasteiger partial charge in [0.1, 0.15) is 0 Å². The Morgan fingerprint density at radius 3 is 1.10 bits per heavy atom. The summed E-state index contributed by atoms with van der Waals surface area (Å²) in [6.45, 7) is 15.9. The SMILES string of the molecule is CC1=Cc2cc3[nH]c(cc4nc(cc5[nH]c(cc1n2)cc5C)C(C)=C4CCC(=O)[O-])c(CCC(=O)[O-])c3C.CC1=Cc2cc3[nH]c(cc4nc(cc5[nH]c(cc1n2)cc5C)C(C)=C4CCC(=O)[O-])c(CCC(=O)[O-])c3C.[Pt+4]. The number of hydrogen-bond acceptors (Lipinski definition) is 12. The van der Waals surface area contributed by atoms with Crippen LogP contribution in [0.2, 0.25) is 0 Å². The van der Waals surface area contributed by atoms with Gasteiger partial charge >= 0.3 is 21.1 Å². The first-order valence-corrected chi connectivity index (χ1v) is 25.2. The first-order chi connectivity index (χ1) is 36.2.